The fraction of sp³-hybridized carbons (Fsp3) is 0.222. The number of nitrogens with one attached hydrogen (secondary N) is 2. The first-order chi connectivity index (χ1) is 12.2. The van der Waals surface area contributed by atoms with E-state index in [1.807, 2.05) is 13.8 Å². The highest BCUT2D eigenvalue weighted by atomic mass is 35.5. The maximum absolute atomic E-state index is 12.4. The molecule has 2 amide bonds. The molecule has 0 aliphatic heterocycles. The van der Waals surface area contributed by atoms with Gasteiger partial charge in [-0.15, -0.1) is 0 Å². The Hall–Kier alpha value is -1.95. The zero-order valence-electron chi connectivity index (χ0n) is 14.1. The Balaban J connectivity index is 2.12. The number of benzene rings is 2. The first kappa shape index (κ1) is 20.4. The van der Waals surface area contributed by atoms with Crippen LogP contribution >= 0.6 is 34.8 Å². The highest BCUT2D eigenvalue weighted by Crippen LogP contribution is 2.38. The predicted molar refractivity (Wildman–Crippen MR) is 106 cm³/mol. The normalized spacial score (nSPS) is 10.7. The summed E-state index contributed by atoms with van der Waals surface area (Å²) in [6, 6.07) is 7.78. The van der Waals surface area contributed by atoms with Gasteiger partial charge in [-0.3, -0.25) is 9.59 Å². The molecule has 2 aromatic rings. The molecule has 0 aliphatic carbocycles. The van der Waals surface area contributed by atoms with Crippen LogP contribution in [0.1, 0.15) is 30.6 Å². The summed E-state index contributed by atoms with van der Waals surface area (Å²) < 4.78 is 0. The van der Waals surface area contributed by atoms with E-state index in [-0.39, 0.29) is 32.5 Å². The van der Waals surface area contributed by atoms with Crippen LogP contribution in [-0.2, 0) is 4.79 Å². The van der Waals surface area contributed by atoms with Gasteiger partial charge in [-0.05, 0) is 36.2 Å². The average molecular weight is 416 g/mol. The Labute approximate surface area is 166 Å². The molecule has 0 unspecified atom stereocenters. The lowest BCUT2D eigenvalue weighted by molar-refractivity contribution is -0.116. The molecule has 138 valence electrons. The number of amides is 2. The second-order valence-corrected chi connectivity index (χ2v) is 7.25. The molecular formula is C18H17Cl3N2O3. The number of hydrogen-bond donors (Lipinski definition) is 3. The SMILES string of the molecule is CC(C)CC(=O)Nc1ccc(NC(=O)c2c(O)c(Cl)cc(Cl)c2Cl)cc1. The number of aromatic hydroxyl groups is 1. The van der Waals surface area contributed by atoms with Crippen molar-refractivity contribution in [2.24, 2.45) is 5.92 Å². The first-order valence-corrected chi connectivity index (χ1v) is 8.90. The number of carbonyl (C=O) groups is 2. The smallest absolute Gasteiger partial charge is 0.261 e. The van der Waals surface area contributed by atoms with Gasteiger partial charge in [0, 0.05) is 17.8 Å². The van der Waals surface area contributed by atoms with E-state index in [9.17, 15) is 14.7 Å². The van der Waals surface area contributed by atoms with Crippen LogP contribution in [0.5, 0.6) is 5.75 Å². The Bertz CT molecular complexity index is 810. The highest BCUT2D eigenvalue weighted by Gasteiger charge is 2.21. The molecule has 0 aliphatic rings. The number of phenols is 1. The fourth-order valence-electron chi connectivity index (χ4n) is 2.21. The van der Waals surface area contributed by atoms with Gasteiger partial charge >= 0.3 is 0 Å². The Morgan fingerprint density at radius 2 is 1.54 bits per heavy atom. The minimum Gasteiger partial charge on any atom is -0.505 e. The molecule has 0 saturated carbocycles. The molecule has 0 heterocycles. The van der Waals surface area contributed by atoms with E-state index < -0.39 is 11.7 Å². The lowest BCUT2D eigenvalue weighted by Crippen LogP contribution is -2.15. The number of rotatable bonds is 5. The van der Waals surface area contributed by atoms with Gasteiger partial charge in [-0.2, -0.15) is 0 Å². The molecule has 0 spiro atoms. The molecule has 0 atom stereocenters. The summed E-state index contributed by atoms with van der Waals surface area (Å²) >= 11 is 17.7. The van der Waals surface area contributed by atoms with E-state index in [2.05, 4.69) is 10.6 Å². The van der Waals surface area contributed by atoms with Crippen molar-refractivity contribution in [3.05, 3.63) is 51.0 Å². The lowest BCUT2D eigenvalue weighted by Gasteiger charge is -2.12. The minimum absolute atomic E-state index is 0.0582. The predicted octanol–water partition coefficient (Wildman–Crippen LogP) is 5.59. The molecule has 0 aromatic heterocycles. The van der Waals surface area contributed by atoms with Crippen LogP contribution in [0, 0.1) is 5.92 Å². The minimum atomic E-state index is -0.659. The van der Waals surface area contributed by atoms with Gasteiger partial charge in [0.2, 0.25) is 5.91 Å². The first-order valence-electron chi connectivity index (χ1n) is 7.76. The van der Waals surface area contributed by atoms with Crippen molar-refractivity contribution >= 4 is 58.0 Å². The van der Waals surface area contributed by atoms with Gasteiger partial charge in [-0.1, -0.05) is 48.7 Å². The van der Waals surface area contributed by atoms with Crippen LogP contribution in [0.15, 0.2) is 30.3 Å². The summed E-state index contributed by atoms with van der Waals surface area (Å²) in [6.07, 6.45) is 0.422. The van der Waals surface area contributed by atoms with Crippen molar-refractivity contribution in [1.82, 2.24) is 0 Å². The molecule has 26 heavy (non-hydrogen) atoms. The fourth-order valence-corrected chi connectivity index (χ4v) is 2.90. The third-order valence-electron chi connectivity index (χ3n) is 3.39. The molecule has 0 saturated heterocycles. The van der Waals surface area contributed by atoms with Crippen molar-refractivity contribution in [3.8, 4) is 5.75 Å². The molecule has 3 N–H and O–H groups in total. The third kappa shape index (κ3) is 5.04. The number of hydrogen-bond acceptors (Lipinski definition) is 3. The monoisotopic (exact) mass is 414 g/mol. The van der Waals surface area contributed by atoms with Gasteiger partial charge in [0.15, 0.2) is 0 Å². The van der Waals surface area contributed by atoms with Crippen LogP contribution in [0.25, 0.3) is 0 Å². The van der Waals surface area contributed by atoms with Crippen LogP contribution in [0.4, 0.5) is 11.4 Å². The second-order valence-electron chi connectivity index (χ2n) is 6.06. The topological polar surface area (TPSA) is 78.4 Å². The van der Waals surface area contributed by atoms with Gasteiger partial charge in [-0.25, -0.2) is 0 Å². The summed E-state index contributed by atoms with van der Waals surface area (Å²) in [5, 5.41) is 15.2. The van der Waals surface area contributed by atoms with E-state index in [4.69, 9.17) is 34.8 Å². The molecule has 0 fully saturated rings. The van der Waals surface area contributed by atoms with E-state index in [0.29, 0.717) is 17.8 Å². The third-order valence-corrected chi connectivity index (χ3v) is 4.47. The largest absolute Gasteiger partial charge is 0.505 e. The molecule has 8 heteroatoms. The van der Waals surface area contributed by atoms with Gasteiger partial charge in [0.1, 0.15) is 11.3 Å². The van der Waals surface area contributed by atoms with Crippen molar-refractivity contribution in [2.45, 2.75) is 20.3 Å². The number of carbonyl (C=O) groups excluding carboxylic acids is 2. The molecule has 0 radical (unpaired) electrons. The molecule has 2 aromatic carbocycles. The molecule has 0 bridgehead atoms. The van der Waals surface area contributed by atoms with E-state index >= 15 is 0 Å². The number of phenolic OH excluding ortho intramolecular Hbond substituents is 1. The number of anilines is 2. The molecule has 2 rings (SSSR count). The van der Waals surface area contributed by atoms with Crippen molar-refractivity contribution in [2.75, 3.05) is 10.6 Å². The molecular weight excluding hydrogens is 399 g/mol. The van der Waals surface area contributed by atoms with Gasteiger partial charge < -0.3 is 15.7 Å². The summed E-state index contributed by atoms with van der Waals surface area (Å²) in [5.41, 5.74) is 0.849. The lowest BCUT2D eigenvalue weighted by atomic mass is 10.1. The highest BCUT2D eigenvalue weighted by molar-refractivity contribution is 6.46. The van der Waals surface area contributed by atoms with Crippen molar-refractivity contribution < 1.29 is 14.7 Å². The van der Waals surface area contributed by atoms with Crippen LogP contribution in [0.2, 0.25) is 15.1 Å². The second kappa shape index (κ2) is 8.62. The standard InChI is InChI=1S/C18H17Cl3N2O3/c1-9(2)7-14(24)22-10-3-5-11(6-4-10)23-18(26)15-16(21)12(19)8-13(20)17(15)25/h3-6,8-9,25H,7H2,1-2H3,(H,22,24)(H,23,26). The summed E-state index contributed by atoms with van der Waals surface area (Å²) in [5.74, 6) is -0.929. The van der Waals surface area contributed by atoms with Gasteiger partial charge in [0.05, 0.1) is 15.1 Å². The van der Waals surface area contributed by atoms with Crippen LogP contribution in [-0.4, -0.2) is 16.9 Å². The zero-order chi connectivity index (χ0) is 19.4. The quantitative estimate of drug-likeness (QED) is 0.557. The summed E-state index contributed by atoms with van der Waals surface area (Å²) in [7, 11) is 0. The maximum atomic E-state index is 12.4. The Morgan fingerprint density at radius 3 is 2.08 bits per heavy atom. The van der Waals surface area contributed by atoms with Crippen LogP contribution in [0.3, 0.4) is 0 Å². The summed E-state index contributed by atoms with van der Waals surface area (Å²) in [4.78, 5) is 24.2. The van der Waals surface area contributed by atoms with E-state index in [0.717, 1.165) is 0 Å². The maximum Gasteiger partial charge on any atom is 0.261 e. The number of halogens is 3. The van der Waals surface area contributed by atoms with Crippen molar-refractivity contribution in [1.29, 1.82) is 0 Å². The Kier molecular flexibility index (Phi) is 6.75. The van der Waals surface area contributed by atoms with E-state index in [1.54, 1.807) is 24.3 Å². The Morgan fingerprint density at radius 1 is 1.00 bits per heavy atom. The van der Waals surface area contributed by atoms with Crippen molar-refractivity contribution in [3.63, 3.8) is 0 Å². The van der Waals surface area contributed by atoms with Crippen LogP contribution < -0.4 is 10.6 Å². The summed E-state index contributed by atoms with van der Waals surface area (Å²) in [6.45, 7) is 3.92. The van der Waals surface area contributed by atoms with E-state index in [1.165, 1.54) is 6.07 Å². The zero-order valence-corrected chi connectivity index (χ0v) is 16.3. The van der Waals surface area contributed by atoms with Gasteiger partial charge in [0.25, 0.3) is 5.91 Å². The average Bonchev–Trinajstić information content (AvgIpc) is 2.54. The molecule has 5 nitrogen and oxygen atoms in total.